The molecule has 1 amide bonds. The molecule has 0 fully saturated rings. The van der Waals surface area contributed by atoms with Crippen LogP contribution in [0.2, 0.25) is 0 Å². The molecule has 1 aliphatic carbocycles. The van der Waals surface area contributed by atoms with Crippen LogP contribution in [0.3, 0.4) is 0 Å². The second-order valence-corrected chi connectivity index (χ2v) is 5.64. The first-order valence-corrected chi connectivity index (χ1v) is 7.68. The minimum absolute atomic E-state index is 0. The molecule has 1 aromatic heterocycles. The van der Waals surface area contributed by atoms with Gasteiger partial charge in [0.05, 0.1) is 24.0 Å². The van der Waals surface area contributed by atoms with E-state index in [-0.39, 0.29) is 24.4 Å². The number of carbonyl (C=O) groups is 1. The summed E-state index contributed by atoms with van der Waals surface area (Å²) in [5.74, 6) is 0.852. The fourth-order valence-electron chi connectivity index (χ4n) is 2.26. The van der Waals surface area contributed by atoms with Crippen molar-refractivity contribution in [1.29, 1.82) is 0 Å². The lowest BCUT2D eigenvalue weighted by molar-refractivity contribution is -0.123. The molecule has 0 spiro atoms. The third-order valence-corrected chi connectivity index (χ3v) is 3.97. The Morgan fingerprint density at radius 1 is 1.74 bits per heavy atom. The highest BCUT2D eigenvalue weighted by molar-refractivity contribution is 7.98. The summed E-state index contributed by atoms with van der Waals surface area (Å²) in [6, 6.07) is -0.366. The molecule has 4 N–H and O–H groups in total. The number of aromatic amines is 1. The lowest BCUT2D eigenvalue weighted by atomic mass is 9.93. The number of nitrogens with zero attached hydrogens (tertiary/aromatic N) is 1. The van der Waals surface area contributed by atoms with Crippen LogP contribution in [0.5, 0.6) is 0 Å². The minimum atomic E-state index is -0.411. The number of thioether (sulfide) groups is 1. The van der Waals surface area contributed by atoms with Gasteiger partial charge in [0.2, 0.25) is 5.91 Å². The van der Waals surface area contributed by atoms with Crippen molar-refractivity contribution >= 4 is 30.1 Å². The van der Waals surface area contributed by atoms with Crippen LogP contribution >= 0.6 is 24.2 Å². The number of aryl methyl sites for hydroxylation is 1. The number of H-pyrrole nitrogens is 1. The van der Waals surface area contributed by atoms with Gasteiger partial charge in [-0.05, 0) is 43.3 Å². The van der Waals surface area contributed by atoms with Crippen LogP contribution in [0, 0.1) is 0 Å². The Kier molecular flexibility index (Phi) is 6.68. The van der Waals surface area contributed by atoms with Crippen LogP contribution < -0.4 is 11.1 Å². The number of carbonyl (C=O) groups excluding carboxylic acids is 1. The minimum Gasteiger partial charge on any atom is -0.346 e. The van der Waals surface area contributed by atoms with Crippen molar-refractivity contribution in [3.8, 4) is 0 Å². The average Bonchev–Trinajstić information content (AvgIpc) is 2.85. The normalized spacial score (nSPS) is 19.2. The van der Waals surface area contributed by atoms with Crippen molar-refractivity contribution < 1.29 is 4.79 Å². The fraction of sp³-hybridized carbons (Fsp3) is 0.667. The summed E-state index contributed by atoms with van der Waals surface area (Å²) in [6.45, 7) is 0. The molecular weight excluding hydrogens is 284 g/mol. The second kappa shape index (κ2) is 7.77. The Balaban J connectivity index is 0.00000180. The van der Waals surface area contributed by atoms with Crippen molar-refractivity contribution in [2.24, 2.45) is 5.73 Å². The molecule has 0 radical (unpaired) electrons. The smallest absolute Gasteiger partial charge is 0.237 e. The van der Waals surface area contributed by atoms with Gasteiger partial charge in [0.25, 0.3) is 0 Å². The fourth-order valence-corrected chi connectivity index (χ4v) is 2.75. The topological polar surface area (TPSA) is 83.8 Å². The summed E-state index contributed by atoms with van der Waals surface area (Å²) in [4.78, 5) is 12.0. The van der Waals surface area contributed by atoms with Gasteiger partial charge in [-0.15, -0.1) is 12.4 Å². The second-order valence-electron chi connectivity index (χ2n) is 4.65. The van der Waals surface area contributed by atoms with E-state index in [0.717, 1.165) is 37.1 Å². The lowest BCUT2D eigenvalue weighted by Gasteiger charge is -2.24. The Bertz CT molecular complexity index is 412. The highest BCUT2D eigenvalue weighted by Crippen LogP contribution is 2.27. The molecule has 2 rings (SSSR count). The number of nitrogens with two attached hydrogens (primary N) is 1. The maximum atomic E-state index is 12.0. The van der Waals surface area contributed by atoms with E-state index in [1.165, 1.54) is 5.56 Å². The molecule has 1 unspecified atom stereocenters. The van der Waals surface area contributed by atoms with Gasteiger partial charge in [-0.25, -0.2) is 0 Å². The number of hydrogen-bond donors (Lipinski definition) is 3. The van der Waals surface area contributed by atoms with Gasteiger partial charge < -0.3 is 11.1 Å². The summed E-state index contributed by atoms with van der Waals surface area (Å²) in [7, 11) is 0. The number of hydrogen-bond acceptors (Lipinski definition) is 4. The summed E-state index contributed by atoms with van der Waals surface area (Å²) < 4.78 is 0. The number of fused-ring (bicyclic) bond motifs is 1. The molecule has 0 aromatic carbocycles. The highest BCUT2D eigenvalue weighted by Gasteiger charge is 2.25. The zero-order chi connectivity index (χ0) is 13.0. The molecular formula is C12H21ClN4OS. The third-order valence-electron chi connectivity index (χ3n) is 3.32. The van der Waals surface area contributed by atoms with Gasteiger partial charge in [-0.1, -0.05) is 0 Å². The van der Waals surface area contributed by atoms with Gasteiger partial charge in [-0.2, -0.15) is 16.9 Å². The van der Waals surface area contributed by atoms with E-state index in [1.807, 2.05) is 12.5 Å². The zero-order valence-electron chi connectivity index (χ0n) is 11.0. The largest absolute Gasteiger partial charge is 0.346 e. The van der Waals surface area contributed by atoms with Crippen molar-refractivity contribution in [2.45, 2.75) is 37.8 Å². The number of halogens is 1. The van der Waals surface area contributed by atoms with Gasteiger partial charge in [0.15, 0.2) is 0 Å². The maximum absolute atomic E-state index is 12.0. The van der Waals surface area contributed by atoms with Crippen molar-refractivity contribution in [3.63, 3.8) is 0 Å². The average molecular weight is 305 g/mol. The maximum Gasteiger partial charge on any atom is 0.237 e. The van der Waals surface area contributed by atoms with Crippen LogP contribution in [-0.2, 0) is 11.2 Å². The molecule has 5 nitrogen and oxygen atoms in total. The zero-order valence-corrected chi connectivity index (χ0v) is 12.6. The third kappa shape index (κ3) is 4.12. The van der Waals surface area contributed by atoms with E-state index in [1.54, 1.807) is 11.8 Å². The molecule has 0 aliphatic heterocycles. The lowest BCUT2D eigenvalue weighted by Crippen LogP contribution is -2.43. The van der Waals surface area contributed by atoms with E-state index >= 15 is 0 Å². The molecule has 1 aromatic rings. The summed E-state index contributed by atoms with van der Waals surface area (Å²) >= 11 is 1.71. The number of amides is 1. The van der Waals surface area contributed by atoms with Gasteiger partial charge in [0.1, 0.15) is 0 Å². The van der Waals surface area contributed by atoms with Gasteiger partial charge in [0, 0.05) is 0 Å². The predicted molar refractivity (Wildman–Crippen MR) is 80.6 cm³/mol. The summed E-state index contributed by atoms with van der Waals surface area (Å²) in [5.41, 5.74) is 8.12. The van der Waals surface area contributed by atoms with Crippen molar-refractivity contribution in [1.82, 2.24) is 15.5 Å². The Morgan fingerprint density at radius 2 is 2.53 bits per heavy atom. The predicted octanol–water partition coefficient (Wildman–Crippen LogP) is 1.41. The molecule has 0 saturated carbocycles. The summed E-state index contributed by atoms with van der Waals surface area (Å²) in [5, 5.41) is 10.1. The standard InChI is InChI=1S/C12H20N4OS.ClH/c1-18-6-5-9(13)12(17)15-10-4-2-3-8-7-14-16-11(8)10;/h7,9-10H,2-6,13H2,1H3,(H,14,16)(H,15,17);1H/t9-,10?;/m0./s1. The first-order chi connectivity index (χ1) is 8.72. The SMILES string of the molecule is CSCC[C@H](N)C(=O)NC1CCCc2cn[nH]c21.Cl. The van der Waals surface area contributed by atoms with E-state index in [9.17, 15) is 4.79 Å². The van der Waals surface area contributed by atoms with Gasteiger partial charge >= 0.3 is 0 Å². The first kappa shape index (κ1) is 16.3. The van der Waals surface area contributed by atoms with Crippen LogP contribution in [-0.4, -0.2) is 34.2 Å². The highest BCUT2D eigenvalue weighted by atomic mass is 35.5. The number of nitrogens with one attached hydrogen (secondary N) is 2. The van der Waals surface area contributed by atoms with Gasteiger partial charge in [-0.3, -0.25) is 9.89 Å². The molecule has 0 saturated heterocycles. The van der Waals surface area contributed by atoms with E-state index in [0.29, 0.717) is 0 Å². The van der Waals surface area contributed by atoms with Crippen LogP contribution in [0.4, 0.5) is 0 Å². The van der Waals surface area contributed by atoms with E-state index in [2.05, 4.69) is 15.5 Å². The molecule has 1 aliphatic rings. The number of aromatic nitrogens is 2. The van der Waals surface area contributed by atoms with Crippen molar-refractivity contribution in [2.75, 3.05) is 12.0 Å². The molecule has 108 valence electrons. The number of rotatable bonds is 5. The Hall–Kier alpha value is -0.720. The van der Waals surface area contributed by atoms with Crippen LogP contribution in [0.15, 0.2) is 6.20 Å². The molecule has 0 bridgehead atoms. The Morgan fingerprint density at radius 3 is 3.26 bits per heavy atom. The molecule has 19 heavy (non-hydrogen) atoms. The van der Waals surface area contributed by atoms with E-state index < -0.39 is 6.04 Å². The molecule has 1 heterocycles. The summed E-state index contributed by atoms with van der Waals surface area (Å²) in [6.07, 6.45) is 7.66. The van der Waals surface area contributed by atoms with E-state index in [4.69, 9.17) is 5.73 Å². The quantitative estimate of drug-likeness (QED) is 0.768. The van der Waals surface area contributed by atoms with Crippen molar-refractivity contribution in [3.05, 3.63) is 17.5 Å². The van der Waals surface area contributed by atoms with Crippen LogP contribution in [0.25, 0.3) is 0 Å². The van der Waals surface area contributed by atoms with Crippen LogP contribution in [0.1, 0.15) is 36.6 Å². The Labute approximate surface area is 123 Å². The molecule has 7 heteroatoms. The first-order valence-electron chi connectivity index (χ1n) is 6.29. The molecule has 2 atom stereocenters. The monoisotopic (exact) mass is 304 g/mol.